The molecule has 7 aliphatic rings. The van der Waals surface area contributed by atoms with Crippen molar-refractivity contribution >= 4 is 23.8 Å². The Morgan fingerprint density at radius 3 is 2.14 bits per heavy atom. The summed E-state index contributed by atoms with van der Waals surface area (Å²) in [7, 11) is 5.00. The van der Waals surface area contributed by atoms with E-state index in [-0.39, 0.29) is 69.2 Å². The zero-order valence-electron chi connectivity index (χ0n) is 53.6. The lowest BCUT2D eigenvalue weighted by atomic mass is 9.44. The number of ketones is 1. The van der Waals surface area contributed by atoms with Gasteiger partial charge in [0.05, 0.1) is 47.6 Å². The maximum atomic E-state index is 17.7. The molecule has 3 heterocycles. The zero-order chi connectivity index (χ0) is 64.2. The largest absolute Gasteiger partial charge is 0.459 e. The summed E-state index contributed by atoms with van der Waals surface area (Å²) in [6.07, 6.45) is -10.0. The highest BCUT2D eigenvalue weighted by Gasteiger charge is 2.77. The van der Waals surface area contributed by atoms with Gasteiger partial charge < -0.3 is 79.7 Å². The normalized spacial score (nSPS) is 48.8. The lowest BCUT2D eigenvalue weighted by Gasteiger charge is -2.63. The number of alkyl carbamates (subject to hydrolysis) is 1. The molecular weight excluding hydrogens is 1120 g/mol. The second-order valence-electron chi connectivity index (χ2n) is 28.1. The van der Waals surface area contributed by atoms with Crippen molar-refractivity contribution < 1.29 is 91.8 Å². The number of amides is 2. The molecule has 492 valence electrons. The Morgan fingerprint density at radius 1 is 0.860 bits per heavy atom. The molecule has 2 amide bonds. The lowest BCUT2D eigenvalue weighted by molar-refractivity contribution is -0.316. The van der Waals surface area contributed by atoms with Crippen LogP contribution in [0, 0.1) is 46.3 Å². The van der Waals surface area contributed by atoms with Gasteiger partial charge in [-0.25, -0.2) is 13.6 Å². The number of carbonyl (C=O) groups excluding carboxylic acids is 4. The van der Waals surface area contributed by atoms with Crippen LogP contribution in [-0.2, 0) is 47.5 Å². The molecule has 0 aromatic rings. The Morgan fingerprint density at radius 2 is 1.51 bits per heavy atom. The van der Waals surface area contributed by atoms with Crippen LogP contribution < -0.4 is 16.0 Å². The maximum absolute atomic E-state index is 17.7. The predicted octanol–water partition coefficient (Wildman–Crippen LogP) is 4.48. The van der Waals surface area contributed by atoms with Gasteiger partial charge in [0.15, 0.2) is 35.7 Å². The van der Waals surface area contributed by atoms with Crippen LogP contribution in [0.25, 0.3) is 0 Å². The van der Waals surface area contributed by atoms with Gasteiger partial charge >= 0.3 is 12.1 Å². The number of unbranched alkanes of at least 4 members (excludes halogenated alkanes) is 1. The van der Waals surface area contributed by atoms with Crippen molar-refractivity contribution in [3.63, 3.8) is 0 Å². The minimum absolute atomic E-state index is 0.0107. The average Bonchev–Trinajstić information content (AvgIpc) is 1.30. The molecule has 3 saturated carbocycles. The minimum Gasteiger partial charge on any atom is -0.459 e. The van der Waals surface area contributed by atoms with Gasteiger partial charge in [0, 0.05) is 67.9 Å². The number of nitrogens with zero attached hydrogens (tertiary/aromatic N) is 1. The second-order valence-corrected chi connectivity index (χ2v) is 28.1. The average molecular weight is 1230 g/mol. The number of fused-ring (bicyclic) bond motifs is 5. The van der Waals surface area contributed by atoms with Crippen molar-refractivity contribution in [1.82, 2.24) is 20.9 Å². The van der Waals surface area contributed by atoms with E-state index in [0.29, 0.717) is 25.8 Å². The standard InChI is InChI=1S/C63H104F2N4O17/c1-17-46-61(13,78)52(86-56(76)68-23-19-18-22-67-55(75)63(79)33(3)24-40-41-27-43(64)42-26-39(70)20-21-57(42,9)62(41,65)45(71)29-58(40,63)10)37(7)69(15)31-32(2)28-59(11,77)51(85-54-48(72)44(66-14)25-34(4)81-54)35(5)49(36(6)53(74)83-46)84-47-30-60(12,80-16)50(73)38(8)82-47/h20-21,26,32-38,40-41,43-52,54,66,71-73,77-79H,17-19,22-25,27-31H2,1-16H3,(H,67,75)(H,68,76)/t32-,33-,34-,35-,36-,37-,38+,40?,41?,43+,44+,45+,46-,47?,48-,49+,50+,51-,52?,54?,57+,58+,59-,60-,61-,62+,63+/m1/s1. The number of methoxy groups -OCH3 is 1. The Balaban J connectivity index is 1.06. The van der Waals surface area contributed by atoms with Crippen molar-refractivity contribution in [2.45, 2.75) is 262 Å². The molecule has 0 radical (unpaired) electrons. The number of allylic oxidation sites excluding steroid dienone is 4. The number of hydrogen-bond donors (Lipinski definition) is 9. The van der Waals surface area contributed by atoms with Crippen molar-refractivity contribution in [2.24, 2.45) is 46.3 Å². The summed E-state index contributed by atoms with van der Waals surface area (Å²) in [5, 5.41) is 81.2. The van der Waals surface area contributed by atoms with Gasteiger partial charge in [-0.2, -0.15) is 0 Å². The summed E-state index contributed by atoms with van der Waals surface area (Å²) in [4.78, 5) is 57.2. The topological polar surface area (TPSA) is 294 Å². The number of rotatable bonds is 14. The Labute approximate surface area is 507 Å². The van der Waals surface area contributed by atoms with Crippen LogP contribution in [0.5, 0.6) is 0 Å². The van der Waals surface area contributed by atoms with Crippen LogP contribution in [-0.4, -0.2) is 214 Å². The van der Waals surface area contributed by atoms with E-state index in [1.54, 1.807) is 76.4 Å². The first-order valence-electron chi connectivity index (χ1n) is 31.4. The summed E-state index contributed by atoms with van der Waals surface area (Å²) >= 11 is 0. The molecule has 0 bridgehead atoms. The molecule has 86 heavy (non-hydrogen) atoms. The number of aliphatic hydroxyl groups excluding tert-OH is 3. The van der Waals surface area contributed by atoms with Gasteiger partial charge in [-0.15, -0.1) is 0 Å². The van der Waals surface area contributed by atoms with Gasteiger partial charge in [0.25, 0.3) is 5.91 Å². The zero-order valence-corrected chi connectivity index (χ0v) is 53.6. The van der Waals surface area contributed by atoms with Crippen LogP contribution in [0.3, 0.4) is 0 Å². The molecule has 21 nitrogen and oxygen atoms in total. The van der Waals surface area contributed by atoms with Gasteiger partial charge in [0.2, 0.25) is 0 Å². The molecule has 0 aromatic carbocycles. The smallest absolute Gasteiger partial charge is 0.407 e. The van der Waals surface area contributed by atoms with Crippen LogP contribution in [0.15, 0.2) is 23.8 Å². The number of likely N-dealkylation sites (N-methyl/N-ethyl adjacent to an activating group) is 2. The van der Waals surface area contributed by atoms with Gasteiger partial charge in [-0.05, 0) is 156 Å². The molecule has 3 saturated heterocycles. The number of nitrogens with one attached hydrogen (secondary N) is 3. The summed E-state index contributed by atoms with van der Waals surface area (Å²) < 4.78 is 78.0. The second kappa shape index (κ2) is 26.5. The Kier molecular flexibility index (Phi) is 21.6. The molecule has 7 rings (SSSR count). The third-order valence-electron chi connectivity index (χ3n) is 21.9. The number of hydrogen-bond acceptors (Lipinski definition) is 19. The first kappa shape index (κ1) is 70.2. The van der Waals surface area contributed by atoms with E-state index < -0.39 is 172 Å². The third-order valence-corrected chi connectivity index (χ3v) is 21.9. The number of ether oxygens (including phenoxy) is 7. The molecule has 5 unspecified atom stereocenters. The van der Waals surface area contributed by atoms with Crippen LogP contribution in [0.4, 0.5) is 13.6 Å². The highest BCUT2D eigenvalue weighted by atomic mass is 19.1. The van der Waals surface area contributed by atoms with Crippen molar-refractivity contribution in [3.8, 4) is 0 Å². The maximum Gasteiger partial charge on any atom is 0.407 e. The summed E-state index contributed by atoms with van der Waals surface area (Å²) in [6, 6.07) is -1.14. The van der Waals surface area contributed by atoms with E-state index in [0.717, 1.165) is 6.08 Å². The van der Waals surface area contributed by atoms with Gasteiger partial charge in [-0.1, -0.05) is 40.7 Å². The van der Waals surface area contributed by atoms with Crippen molar-refractivity contribution in [3.05, 3.63) is 23.8 Å². The summed E-state index contributed by atoms with van der Waals surface area (Å²) in [5.41, 5.74) is -12.2. The number of esters is 1. The van der Waals surface area contributed by atoms with E-state index >= 15 is 8.78 Å². The molecule has 6 fully saturated rings. The van der Waals surface area contributed by atoms with Crippen LogP contribution in [0.1, 0.15) is 148 Å². The fraction of sp³-hybridized carbons (Fsp3) is 0.873. The quantitative estimate of drug-likeness (QED) is 0.0856. The SMILES string of the molecule is CC[C@H]1OC(=O)[C@H](C)[C@@H](OC2C[C@@](C)(OC)[C@@H](O)[C@H](C)O2)[C@@H](C)[C@@H](OC2O[C@H](C)C[C@H](NC)[C@H]2O)[C@](C)(O)C[C@@H](C)CN(C)[C@H](C)C(OC(=O)NCCCCNC(=O)[C@@]2(O)[C@H](C)CC3C4C[C@H](F)C5=CC(=O)C=C[C@]5(C)[C@@]4(F)[C@@H](O)C[C@@]32C)[C@]1(C)O. The van der Waals surface area contributed by atoms with Crippen LogP contribution in [0.2, 0.25) is 0 Å². The number of aliphatic hydroxyl groups is 6. The molecule has 9 N–H and O–H groups in total. The van der Waals surface area contributed by atoms with Crippen LogP contribution >= 0.6 is 0 Å². The number of cyclic esters (lactones) is 1. The number of halogens is 2. The lowest BCUT2D eigenvalue weighted by Crippen LogP contribution is -2.71. The molecule has 4 aliphatic carbocycles. The predicted molar refractivity (Wildman–Crippen MR) is 312 cm³/mol. The van der Waals surface area contributed by atoms with E-state index in [1.807, 2.05) is 18.7 Å². The molecule has 0 aromatic heterocycles. The molecule has 23 heteroatoms. The molecule has 0 spiro atoms. The molecular formula is C63H104F2N4O17. The van der Waals surface area contributed by atoms with Crippen molar-refractivity contribution in [1.29, 1.82) is 0 Å². The Bertz CT molecular complexity index is 2480. The molecule has 3 aliphatic heterocycles. The first-order valence-corrected chi connectivity index (χ1v) is 31.4. The van der Waals surface area contributed by atoms with Gasteiger partial charge in [-0.3, -0.25) is 19.3 Å². The van der Waals surface area contributed by atoms with Gasteiger partial charge in [0.1, 0.15) is 30.1 Å². The third kappa shape index (κ3) is 12.9. The fourth-order valence-corrected chi connectivity index (χ4v) is 16.7. The van der Waals surface area contributed by atoms with E-state index in [4.69, 9.17) is 33.2 Å². The Hall–Kier alpha value is -3.30. The number of alkyl halides is 2. The van der Waals surface area contributed by atoms with E-state index in [2.05, 4.69) is 16.0 Å². The minimum atomic E-state index is -2.36. The summed E-state index contributed by atoms with van der Waals surface area (Å²) in [6.45, 7) is 22.4. The monoisotopic (exact) mass is 1230 g/mol. The highest BCUT2D eigenvalue weighted by molar-refractivity contribution is 6.01. The summed E-state index contributed by atoms with van der Waals surface area (Å²) in [5.74, 6) is -6.73. The van der Waals surface area contributed by atoms with E-state index in [9.17, 15) is 49.8 Å². The first-order chi connectivity index (χ1) is 39.9. The number of carbonyl (C=O) groups is 4. The van der Waals surface area contributed by atoms with E-state index in [1.165, 1.54) is 33.1 Å². The highest BCUT2D eigenvalue weighted by Crippen LogP contribution is 2.71. The van der Waals surface area contributed by atoms with Crippen molar-refractivity contribution in [2.75, 3.05) is 40.8 Å². The molecule has 27 atom stereocenters. The fourth-order valence-electron chi connectivity index (χ4n) is 16.7.